The molecule has 0 aliphatic heterocycles. The minimum Gasteiger partial charge on any atom is -0.306 e. The molecule has 2 heterocycles. The van der Waals surface area contributed by atoms with Crippen LogP contribution >= 0.6 is 11.6 Å². The summed E-state index contributed by atoms with van der Waals surface area (Å²) < 4.78 is 1.14. The number of nitrogens with one attached hydrogen (secondary N) is 3. The summed E-state index contributed by atoms with van der Waals surface area (Å²) in [5, 5.41) is 8.08. The molecule has 0 saturated carbocycles. The molecule has 0 atom stereocenters. The molecule has 3 aromatic rings. The van der Waals surface area contributed by atoms with Crippen LogP contribution in [0.15, 0.2) is 35.4 Å². The molecule has 2 aromatic heterocycles. The van der Waals surface area contributed by atoms with Crippen molar-refractivity contribution in [2.75, 3.05) is 10.6 Å². The molecule has 0 fully saturated rings. The molecule has 0 aliphatic carbocycles. The summed E-state index contributed by atoms with van der Waals surface area (Å²) in [6.45, 7) is 1.61. The number of benzene rings is 1. The molecule has 0 bridgehead atoms. The highest BCUT2D eigenvalue weighted by Crippen LogP contribution is 2.20. The van der Waals surface area contributed by atoms with Crippen molar-refractivity contribution in [1.29, 1.82) is 0 Å². The zero-order chi connectivity index (χ0) is 15.7. The van der Waals surface area contributed by atoms with E-state index in [9.17, 15) is 9.59 Å². The molecular formula is C13H11ClN6O2. The average Bonchev–Trinajstić information content (AvgIpc) is 2.94. The van der Waals surface area contributed by atoms with Crippen LogP contribution in [0, 0.1) is 6.92 Å². The Labute approximate surface area is 129 Å². The van der Waals surface area contributed by atoms with Gasteiger partial charge in [-0.3, -0.25) is 9.89 Å². The van der Waals surface area contributed by atoms with Gasteiger partial charge in [-0.1, -0.05) is 23.7 Å². The van der Waals surface area contributed by atoms with Gasteiger partial charge in [-0.05, 0) is 19.1 Å². The highest BCUT2D eigenvalue weighted by atomic mass is 35.5. The van der Waals surface area contributed by atoms with E-state index in [0.29, 0.717) is 16.4 Å². The fourth-order valence-corrected chi connectivity index (χ4v) is 2.12. The van der Waals surface area contributed by atoms with Crippen molar-refractivity contribution < 1.29 is 4.79 Å². The SMILES string of the molecule is Cc1nc2nc[nH]n2c(=O)c1NC(=O)Nc1ccccc1Cl. The monoisotopic (exact) mass is 318 g/mol. The van der Waals surface area contributed by atoms with Gasteiger partial charge in [-0.25, -0.2) is 14.8 Å². The summed E-state index contributed by atoms with van der Waals surface area (Å²) in [4.78, 5) is 32.3. The van der Waals surface area contributed by atoms with Crippen molar-refractivity contribution in [2.24, 2.45) is 0 Å². The van der Waals surface area contributed by atoms with Gasteiger partial charge in [0.2, 0.25) is 0 Å². The van der Waals surface area contributed by atoms with E-state index in [1.54, 1.807) is 31.2 Å². The van der Waals surface area contributed by atoms with E-state index in [4.69, 9.17) is 11.6 Å². The summed E-state index contributed by atoms with van der Waals surface area (Å²) in [5.74, 6) is 0.236. The normalized spacial score (nSPS) is 10.6. The molecular weight excluding hydrogens is 308 g/mol. The third kappa shape index (κ3) is 2.51. The lowest BCUT2D eigenvalue weighted by Crippen LogP contribution is -2.28. The summed E-state index contributed by atoms with van der Waals surface area (Å²) in [6, 6.07) is 6.19. The number of carbonyl (C=O) groups excluding carboxylic acids is 1. The van der Waals surface area contributed by atoms with Crippen LogP contribution in [-0.4, -0.2) is 25.6 Å². The van der Waals surface area contributed by atoms with E-state index in [1.165, 1.54) is 6.33 Å². The van der Waals surface area contributed by atoms with Crippen LogP contribution in [-0.2, 0) is 0 Å². The predicted molar refractivity (Wildman–Crippen MR) is 82.4 cm³/mol. The Morgan fingerprint density at radius 3 is 2.86 bits per heavy atom. The van der Waals surface area contributed by atoms with Crippen molar-refractivity contribution in [3.05, 3.63) is 51.7 Å². The second-order valence-corrected chi connectivity index (χ2v) is 4.87. The molecule has 112 valence electrons. The maximum absolute atomic E-state index is 12.2. The smallest absolute Gasteiger partial charge is 0.306 e. The van der Waals surface area contributed by atoms with Gasteiger partial charge in [0.15, 0.2) is 0 Å². The van der Waals surface area contributed by atoms with E-state index in [1.807, 2.05) is 0 Å². The molecule has 0 saturated heterocycles. The highest BCUT2D eigenvalue weighted by molar-refractivity contribution is 6.33. The van der Waals surface area contributed by atoms with E-state index in [2.05, 4.69) is 25.7 Å². The lowest BCUT2D eigenvalue weighted by molar-refractivity contribution is 0.262. The minimum atomic E-state index is -0.588. The van der Waals surface area contributed by atoms with Crippen LogP contribution in [0.4, 0.5) is 16.2 Å². The summed E-state index contributed by atoms with van der Waals surface area (Å²) in [7, 11) is 0. The number of para-hydroxylation sites is 1. The molecule has 0 unspecified atom stereocenters. The molecule has 3 N–H and O–H groups in total. The standard InChI is InChI=1S/C13H11ClN6O2/c1-7-10(11(21)20-12(17-7)15-6-16-20)19-13(22)18-9-5-3-2-4-8(9)14/h2-6H,1H3,(H,15,16,17)(H2,18,19,22). The lowest BCUT2D eigenvalue weighted by Gasteiger charge is -2.09. The van der Waals surface area contributed by atoms with Crippen molar-refractivity contribution in [2.45, 2.75) is 6.92 Å². The lowest BCUT2D eigenvalue weighted by atomic mass is 10.3. The van der Waals surface area contributed by atoms with Gasteiger partial charge < -0.3 is 10.6 Å². The number of aromatic nitrogens is 4. The van der Waals surface area contributed by atoms with Gasteiger partial charge in [0, 0.05) is 0 Å². The Morgan fingerprint density at radius 1 is 1.32 bits per heavy atom. The van der Waals surface area contributed by atoms with Gasteiger partial charge in [-0.2, -0.15) is 4.52 Å². The quantitative estimate of drug-likeness (QED) is 0.672. The van der Waals surface area contributed by atoms with Gasteiger partial charge >= 0.3 is 6.03 Å². The number of hydrogen-bond acceptors (Lipinski definition) is 4. The highest BCUT2D eigenvalue weighted by Gasteiger charge is 2.14. The molecule has 1 aromatic carbocycles. The van der Waals surface area contributed by atoms with Crippen LogP contribution in [0.5, 0.6) is 0 Å². The first kappa shape index (κ1) is 14.1. The van der Waals surface area contributed by atoms with Crippen molar-refractivity contribution in [3.8, 4) is 0 Å². The van der Waals surface area contributed by atoms with Gasteiger partial charge in [0.1, 0.15) is 12.0 Å². The minimum absolute atomic E-state index is 0.0614. The number of urea groups is 1. The summed E-state index contributed by atoms with van der Waals surface area (Å²) >= 11 is 5.96. The molecule has 8 nitrogen and oxygen atoms in total. The van der Waals surface area contributed by atoms with Crippen LogP contribution < -0.4 is 16.2 Å². The first-order chi connectivity index (χ1) is 10.6. The molecule has 9 heteroatoms. The molecule has 0 radical (unpaired) electrons. The van der Waals surface area contributed by atoms with Gasteiger partial charge in [0.25, 0.3) is 11.3 Å². The van der Waals surface area contributed by atoms with Crippen LogP contribution in [0.1, 0.15) is 5.69 Å². The van der Waals surface area contributed by atoms with Crippen molar-refractivity contribution in [3.63, 3.8) is 0 Å². The number of nitrogens with zero attached hydrogens (tertiary/aromatic N) is 3. The number of aryl methyl sites for hydroxylation is 1. The number of aromatic amines is 1. The van der Waals surface area contributed by atoms with E-state index in [-0.39, 0.29) is 11.5 Å². The molecule has 0 aliphatic rings. The Bertz CT molecular complexity index is 916. The molecule has 0 spiro atoms. The topological polar surface area (TPSA) is 104 Å². The first-order valence-electron chi connectivity index (χ1n) is 6.31. The third-order valence-electron chi connectivity index (χ3n) is 2.97. The Hall–Kier alpha value is -2.87. The second kappa shape index (κ2) is 5.49. The third-order valence-corrected chi connectivity index (χ3v) is 3.30. The fraction of sp³-hybridized carbons (Fsp3) is 0.0769. The fourth-order valence-electron chi connectivity index (χ4n) is 1.93. The van der Waals surface area contributed by atoms with E-state index >= 15 is 0 Å². The Balaban J connectivity index is 1.88. The van der Waals surface area contributed by atoms with Gasteiger partial charge in [-0.15, -0.1) is 0 Å². The summed E-state index contributed by atoms with van der Waals surface area (Å²) in [5.41, 5.74) is 0.419. The maximum atomic E-state index is 12.2. The first-order valence-corrected chi connectivity index (χ1v) is 6.69. The van der Waals surface area contributed by atoms with E-state index in [0.717, 1.165) is 4.52 Å². The zero-order valence-electron chi connectivity index (χ0n) is 11.4. The number of rotatable bonds is 2. The number of anilines is 2. The number of hydrogen-bond donors (Lipinski definition) is 3. The number of H-pyrrole nitrogens is 1. The van der Waals surface area contributed by atoms with E-state index < -0.39 is 11.6 Å². The zero-order valence-corrected chi connectivity index (χ0v) is 12.2. The largest absolute Gasteiger partial charge is 0.323 e. The van der Waals surface area contributed by atoms with Crippen molar-refractivity contribution in [1.82, 2.24) is 19.6 Å². The second-order valence-electron chi connectivity index (χ2n) is 4.46. The molecule has 2 amide bonds. The average molecular weight is 319 g/mol. The van der Waals surface area contributed by atoms with Crippen LogP contribution in [0.25, 0.3) is 5.78 Å². The van der Waals surface area contributed by atoms with Crippen LogP contribution in [0.2, 0.25) is 5.02 Å². The van der Waals surface area contributed by atoms with Crippen LogP contribution in [0.3, 0.4) is 0 Å². The van der Waals surface area contributed by atoms with Crippen molar-refractivity contribution >= 4 is 34.8 Å². The predicted octanol–water partition coefficient (Wildman–Crippen LogP) is 2.02. The van der Waals surface area contributed by atoms with Gasteiger partial charge in [0.05, 0.1) is 16.4 Å². The number of amides is 2. The number of halogens is 1. The molecule has 22 heavy (non-hydrogen) atoms. The number of carbonyl (C=O) groups is 1. The Morgan fingerprint density at radius 2 is 2.09 bits per heavy atom. The summed E-state index contributed by atoms with van der Waals surface area (Å²) in [6.07, 6.45) is 1.34. The maximum Gasteiger partial charge on any atom is 0.323 e. The Kier molecular flexibility index (Phi) is 3.51. The number of fused-ring (bicyclic) bond motifs is 1. The molecule has 3 rings (SSSR count).